The van der Waals surface area contributed by atoms with E-state index in [9.17, 15) is 4.39 Å². The van der Waals surface area contributed by atoms with Gasteiger partial charge in [0, 0.05) is 7.05 Å². The number of halogens is 1. The first-order valence-corrected chi connectivity index (χ1v) is 8.97. The summed E-state index contributed by atoms with van der Waals surface area (Å²) in [6, 6.07) is 8.69. The second-order valence-electron chi connectivity index (χ2n) is 6.20. The Morgan fingerprint density at radius 2 is 1.71 bits per heavy atom. The number of ether oxygens (including phenoxy) is 1. The van der Waals surface area contributed by atoms with Crippen molar-refractivity contribution < 1.29 is 9.13 Å². The smallest absolute Gasteiger partial charge is 0.143 e. The van der Waals surface area contributed by atoms with E-state index in [0.717, 1.165) is 5.56 Å². The van der Waals surface area contributed by atoms with Crippen molar-refractivity contribution in [2.45, 2.75) is 58.5 Å². The van der Waals surface area contributed by atoms with Crippen molar-refractivity contribution in [3.05, 3.63) is 59.6 Å². The predicted molar refractivity (Wildman–Crippen MR) is 101 cm³/mol. The summed E-state index contributed by atoms with van der Waals surface area (Å²) in [6.45, 7) is 10.3. The Morgan fingerprint density at radius 1 is 1.17 bits per heavy atom. The van der Waals surface area contributed by atoms with Crippen molar-refractivity contribution in [3.8, 4) is 0 Å². The molecule has 24 heavy (non-hydrogen) atoms. The van der Waals surface area contributed by atoms with Crippen molar-refractivity contribution in [1.82, 2.24) is 5.32 Å². The Hall–Kier alpha value is -1.61. The number of allylic oxidation sites excluding steroid dienone is 1. The first-order valence-electron chi connectivity index (χ1n) is 8.97. The number of likely N-dealkylation sites (N-methyl/N-ethyl adjacent to an activating group) is 1. The molecular formula is C21H32FNO. The third-order valence-electron chi connectivity index (χ3n) is 4.35. The summed E-state index contributed by atoms with van der Waals surface area (Å²) in [5.74, 6) is 0.275. The number of hydrogen-bond donors (Lipinski definition) is 1. The second kappa shape index (κ2) is 11.0. The van der Waals surface area contributed by atoms with Gasteiger partial charge in [-0.1, -0.05) is 57.5 Å². The molecule has 0 saturated heterocycles. The van der Waals surface area contributed by atoms with Crippen LogP contribution in [0.5, 0.6) is 0 Å². The van der Waals surface area contributed by atoms with Crippen LogP contribution in [-0.4, -0.2) is 13.7 Å². The molecule has 3 heteroatoms. The third-order valence-corrected chi connectivity index (χ3v) is 4.35. The Morgan fingerprint density at radius 3 is 2.21 bits per heavy atom. The first-order chi connectivity index (χ1) is 11.5. The van der Waals surface area contributed by atoms with Gasteiger partial charge in [0.15, 0.2) is 0 Å². The highest BCUT2D eigenvalue weighted by Gasteiger charge is 2.11. The lowest BCUT2D eigenvalue weighted by molar-refractivity contribution is 0.0878. The SMILES string of the molecule is C=C(NC)/C(F)=C\COC(C)c1ccc(C(CCC)CCC)cc1. The molecule has 0 radical (unpaired) electrons. The first kappa shape index (κ1) is 20.4. The molecule has 0 fully saturated rings. The molecule has 1 rings (SSSR count). The minimum atomic E-state index is -0.373. The predicted octanol–water partition coefficient (Wildman–Crippen LogP) is 6.03. The number of hydrogen-bond acceptors (Lipinski definition) is 2. The summed E-state index contributed by atoms with van der Waals surface area (Å²) in [7, 11) is 1.64. The minimum absolute atomic E-state index is 0.0678. The monoisotopic (exact) mass is 333 g/mol. The van der Waals surface area contributed by atoms with E-state index in [1.54, 1.807) is 7.05 Å². The van der Waals surface area contributed by atoms with E-state index in [2.05, 4.69) is 50.0 Å². The molecule has 0 aliphatic carbocycles. The number of nitrogens with one attached hydrogen (secondary N) is 1. The van der Waals surface area contributed by atoms with Crippen LogP contribution < -0.4 is 5.32 Å². The molecule has 0 bridgehead atoms. The highest BCUT2D eigenvalue weighted by Crippen LogP contribution is 2.28. The number of rotatable bonds is 11. The summed E-state index contributed by atoms with van der Waals surface area (Å²) in [4.78, 5) is 0. The lowest BCUT2D eigenvalue weighted by Gasteiger charge is -2.18. The van der Waals surface area contributed by atoms with E-state index in [4.69, 9.17) is 4.74 Å². The van der Waals surface area contributed by atoms with Gasteiger partial charge in [0.1, 0.15) is 5.83 Å². The molecule has 1 unspecified atom stereocenters. The van der Waals surface area contributed by atoms with Gasteiger partial charge < -0.3 is 10.1 Å². The van der Waals surface area contributed by atoms with Gasteiger partial charge in [-0.25, -0.2) is 4.39 Å². The van der Waals surface area contributed by atoms with E-state index in [1.807, 2.05) is 6.92 Å². The molecule has 134 valence electrons. The zero-order valence-electron chi connectivity index (χ0n) is 15.6. The normalized spacial score (nSPS) is 13.2. The van der Waals surface area contributed by atoms with Crippen molar-refractivity contribution in [2.75, 3.05) is 13.7 Å². The quantitative estimate of drug-likeness (QED) is 0.499. The Balaban J connectivity index is 2.62. The average molecular weight is 333 g/mol. The minimum Gasteiger partial charge on any atom is -0.386 e. The van der Waals surface area contributed by atoms with Crippen molar-refractivity contribution in [1.29, 1.82) is 0 Å². The van der Waals surface area contributed by atoms with Gasteiger partial charge in [-0.05, 0) is 42.9 Å². The maximum Gasteiger partial charge on any atom is 0.143 e. The largest absolute Gasteiger partial charge is 0.386 e. The highest BCUT2D eigenvalue weighted by molar-refractivity contribution is 5.27. The summed E-state index contributed by atoms with van der Waals surface area (Å²) in [5.41, 5.74) is 2.80. The Bertz CT molecular complexity index is 515. The Labute approximate surface area is 146 Å². The van der Waals surface area contributed by atoms with E-state index >= 15 is 0 Å². The van der Waals surface area contributed by atoms with Crippen molar-refractivity contribution in [3.63, 3.8) is 0 Å². The van der Waals surface area contributed by atoms with E-state index < -0.39 is 0 Å². The fraction of sp³-hybridized carbons (Fsp3) is 0.524. The van der Waals surface area contributed by atoms with Gasteiger partial charge in [0.2, 0.25) is 0 Å². The van der Waals surface area contributed by atoms with Crippen LogP contribution in [0, 0.1) is 0 Å². The van der Waals surface area contributed by atoms with Crippen molar-refractivity contribution >= 4 is 0 Å². The topological polar surface area (TPSA) is 21.3 Å². The van der Waals surface area contributed by atoms with Gasteiger partial charge in [-0.15, -0.1) is 0 Å². The average Bonchev–Trinajstić information content (AvgIpc) is 2.60. The van der Waals surface area contributed by atoms with Gasteiger partial charge in [0.05, 0.1) is 18.4 Å². The zero-order valence-corrected chi connectivity index (χ0v) is 15.6. The molecular weight excluding hydrogens is 301 g/mol. The van der Waals surface area contributed by atoms with Crippen LogP contribution in [0.25, 0.3) is 0 Å². The molecule has 1 aromatic carbocycles. The molecule has 0 aliphatic heterocycles. The van der Waals surface area contributed by atoms with Crippen LogP contribution in [0.4, 0.5) is 4.39 Å². The fourth-order valence-corrected chi connectivity index (χ4v) is 2.82. The molecule has 1 aromatic rings. The molecule has 0 aliphatic rings. The Kier molecular flexibility index (Phi) is 9.39. The molecule has 0 heterocycles. The lowest BCUT2D eigenvalue weighted by Crippen LogP contribution is -2.06. The molecule has 0 amide bonds. The molecule has 0 saturated carbocycles. The van der Waals surface area contributed by atoms with Crippen LogP contribution in [0.3, 0.4) is 0 Å². The molecule has 0 spiro atoms. The van der Waals surface area contributed by atoms with E-state index in [-0.39, 0.29) is 24.2 Å². The maximum absolute atomic E-state index is 13.6. The standard InChI is InChI=1S/C21H32FNO/c1-6-8-19(9-7-2)20-12-10-18(11-13-20)17(4)24-15-14-21(22)16(3)23-5/h10-14,17,19,23H,3,6-9,15H2,1-2,4-5H3/b21-14+. The maximum atomic E-state index is 13.6. The summed E-state index contributed by atoms with van der Waals surface area (Å²) in [5, 5.41) is 2.68. The van der Waals surface area contributed by atoms with E-state index in [0.29, 0.717) is 5.92 Å². The van der Waals surface area contributed by atoms with Gasteiger partial charge in [-0.2, -0.15) is 0 Å². The van der Waals surface area contributed by atoms with Crippen LogP contribution in [0.1, 0.15) is 69.6 Å². The van der Waals surface area contributed by atoms with Crippen molar-refractivity contribution in [2.24, 2.45) is 0 Å². The summed E-state index contributed by atoms with van der Waals surface area (Å²) >= 11 is 0. The van der Waals surface area contributed by atoms with Crippen LogP contribution in [0.15, 0.2) is 48.4 Å². The van der Waals surface area contributed by atoms with Gasteiger partial charge in [0.25, 0.3) is 0 Å². The highest BCUT2D eigenvalue weighted by atomic mass is 19.1. The second-order valence-corrected chi connectivity index (χ2v) is 6.20. The van der Waals surface area contributed by atoms with Gasteiger partial charge in [-0.3, -0.25) is 0 Å². The number of benzene rings is 1. The van der Waals surface area contributed by atoms with Crippen LogP contribution in [-0.2, 0) is 4.74 Å². The van der Waals surface area contributed by atoms with Crippen LogP contribution >= 0.6 is 0 Å². The third kappa shape index (κ3) is 6.48. The summed E-state index contributed by atoms with van der Waals surface area (Å²) in [6.07, 6.45) is 6.23. The van der Waals surface area contributed by atoms with Crippen LogP contribution in [0.2, 0.25) is 0 Å². The fourth-order valence-electron chi connectivity index (χ4n) is 2.82. The van der Waals surface area contributed by atoms with E-state index in [1.165, 1.54) is 37.3 Å². The zero-order chi connectivity index (χ0) is 17.9. The molecule has 1 atom stereocenters. The van der Waals surface area contributed by atoms with Gasteiger partial charge >= 0.3 is 0 Å². The molecule has 1 N–H and O–H groups in total. The summed E-state index contributed by atoms with van der Waals surface area (Å²) < 4.78 is 19.3. The molecule has 0 aromatic heterocycles. The lowest BCUT2D eigenvalue weighted by atomic mass is 9.89. The molecule has 2 nitrogen and oxygen atoms in total.